The normalized spacial score (nSPS) is 15.1. The lowest BCUT2D eigenvalue weighted by Gasteiger charge is -2.27. The molecule has 0 aromatic heterocycles. The predicted molar refractivity (Wildman–Crippen MR) is 176 cm³/mol. The Labute approximate surface area is 247 Å². The van der Waals surface area contributed by atoms with Crippen LogP contribution in [0.2, 0.25) is 0 Å². The van der Waals surface area contributed by atoms with Gasteiger partial charge in [0.2, 0.25) is 0 Å². The lowest BCUT2D eigenvalue weighted by atomic mass is 9.77. The number of aryl methyl sites for hydroxylation is 2. The second kappa shape index (κ2) is 10.0. The topological polar surface area (TPSA) is 0 Å². The second-order valence-corrected chi connectivity index (χ2v) is 14.4. The maximum absolute atomic E-state index is 2.51. The van der Waals surface area contributed by atoms with Crippen LogP contribution in [0, 0.1) is 13.8 Å². The molecular weight excluding hydrogens is 492 g/mol. The Hall–Kier alpha value is -3.64. The van der Waals surface area contributed by atoms with E-state index in [0.717, 1.165) is 6.42 Å². The van der Waals surface area contributed by atoms with Crippen molar-refractivity contribution in [2.45, 2.75) is 84.5 Å². The third-order valence-electron chi connectivity index (χ3n) is 9.23. The zero-order valence-electron chi connectivity index (χ0n) is 26.1. The minimum absolute atomic E-state index is 0.0972. The average molecular weight is 537 g/mol. The minimum Gasteiger partial charge on any atom is -0.0801 e. The van der Waals surface area contributed by atoms with Crippen LogP contribution in [0.5, 0.6) is 0 Å². The number of rotatable bonds is 4. The van der Waals surface area contributed by atoms with E-state index >= 15 is 0 Å². The molecule has 0 N–H and O–H groups in total. The second-order valence-electron chi connectivity index (χ2n) is 14.4. The van der Waals surface area contributed by atoms with Gasteiger partial charge in [-0.1, -0.05) is 155 Å². The van der Waals surface area contributed by atoms with Crippen molar-refractivity contribution in [3.8, 4) is 11.1 Å². The Morgan fingerprint density at radius 1 is 0.585 bits per heavy atom. The van der Waals surface area contributed by atoms with E-state index in [1.165, 1.54) is 66.8 Å². The highest BCUT2D eigenvalue weighted by atomic mass is 14.4. The third kappa shape index (κ3) is 5.03. The summed E-state index contributed by atoms with van der Waals surface area (Å²) >= 11 is 0. The highest BCUT2D eigenvalue weighted by Gasteiger charge is 2.36. The van der Waals surface area contributed by atoms with Gasteiger partial charge in [0, 0.05) is 11.8 Å². The van der Waals surface area contributed by atoms with E-state index in [-0.39, 0.29) is 22.7 Å². The van der Waals surface area contributed by atoms with Gasteiger partial charge in [-0.3, -0.25) is 0 Å². The predicted octanol–water partition coefficient (Wildman–Crippen LogP) is 11.1. The zero-order chi connectivity index (χ0) is 29.1. The molecule has 2 aliphatic rings. The number of fused-ring (bicyclic) bond motifs is 3. The fourth-order valence-corrected chi connectivity index (χ4v) is 6.75. The molecule has 6 rings (SSSR count). The largest absolute Gasteiger partial charge is 0.0801 e. The highest BCUT2D eigenvalue weighted by molar-refractivity contribution is 5.82. The van der Waals surface area contributed by atoms with Gasteiger partial charge in [0.05, 0.1) is 0 Å². The van der Waals surface area contributed by atoms with Crippen molar-refractivity contribution < 1.29 is 0 Å². The van der Waals surface area contributed by atoms with Crippen molar-refractivity contribution in [3.63, 3.8) is 0 Å². The molecule has 0 bridgehead atoms. The maximum atomic E-state index is 2.51. The first-order valence-corrected chi connectivity index (χ1v) is 15.2. The Morgan fingerprint density at radius 2 is 1.02 bits per heavy atom. The van der Waals surface area contributed by atoms with E-state index in [9.17, 15) is 0 Å². The van der Waals surface area contributed by atoms with Gasteiger partial charge < -0.3 is 0 Å². The fraction of sp³-hybridized carbons (Fsp3) is 0.317. The first-order chi connectivity index (χ1) is 19.4. The molecule has 0 heterocycles. The van der Waals surface area contributed by atoms with E-state index in [2.05, 4.69) is 152 Å². The Bertz CT molecular complexity index is 1550. The molecule has 0 saturated carbocycles. The van der Waals surface area contributed by atoms with Crippen molar-refractivity contribution in [1.82, 2.24) is 0 Å². The lowest BCUT2D eigenvalue weighted by molar-refractivity contribution is 0.589. The van der Waals surface area contributed by atoms with Gasteiger partial charge in [-0.15, -0.1) is 0 Å². The SMILES string of the molecule is Cc1ccc(C(C2=C(C3c4cc(C(C)(C)C)ccc4-c4ccc(C(C)(C)C)cc43)C=CC2)c2ccc(C)cc2)cc1. The van der Waals surface area contributed by atoms with Crippen LogP contribution in [0.3, 0.4) is 0 Å². The molecule has 4 aromatic carbocycles. The van der Waals surface area contributed by atoms with E-state index in [1.54, 1.807) is 0 Å². The van der Waals surface area contributed by atoms with Crippen LogP contribution in [-0.2, 0) is 10.8 Å². The quantitative estimate of drug-likeness (QED) is 0.243. The van der Waals surface area contributed by atoms with Crippen LogP contribution in [-0.4, -0.2) is 0 Å². The molecular formula is C41H44. The van der Waals surface area contributed by atoms with Gasteiger partial charge >= 0.3 is 0 Å². The number of hydrogen-bond donors (Lipinski definition) is 0. The summed E-state index contributed by atoms with van der Waals surface area (Å²) in [5, 5.41) is 0. The number of hydrogen-bond acceptors (Lipinski definition) is 0. The summed E-state index contributed by atoms with van der Waals surface area (Å²) in [5.74, 6) is 0.460. The van der Waals surface area contributed by atoms with Crippen LogP contribution < -0.4 is 0 Å². The highest BCUT2D eigenvalue weighted by Crippen LogP contribution is 2.54. The molecule has 4 aromatic rings. The summed E-state index contributed by atoms with van der Waals surface area (Å²) in [4.78, 5) is 0. The maximum Gasteiger partial charge on any atom is 0.0352 e. The molecule has 0 fully saturated rings. The minimum atomic E-state index is 0.0972. The van der Waals surface area contributed by atoms with Gasteiger partial charge in [0.15, 0.2) is 0 Å². The Morgan fingerprint density at radius 3 is 1.44 bits per heavy atom. The van der Waals surface area contributed by atoms with Crippen molar-refractivity contribution >= 4 is 0 Å². The van der Waals surface area contributed by atoms with Crippen molar-refractivity contribution in [3.05, 3.63) is 153 Å². The summed E-state index contributed by atoms with van der Waals surface area (Å²) in [6.45, 7) is 18.3. The molecule has 208 valence electrons. The molecule has 0 spiro atoms. The van der Waals surface area contributed by atoms with Gasteiger partial charge in [0.1, 0.15) is 0 Å². The van der Waals surface area contributed by atoms with E-state index in [4.69, 9.17) is 0 Å². The Balaban J connectivity index is 1.61. The van der Waals surface area contributed by atoms with Gasteiger partial charge in [-0.05, 0) is 81.2 Å². The first-order valence-electron chi connectivity index (χ1n) is 15.2. The average Bonchev–Trinajstić information content (AvgIpc) is 3.51. The van der Waals surface area contributed by atoms with Crippen LogP contribution >= 0.6 is 0 Å². The van der Waals surface area contributed by atoms with E-state index < -0.39 is 0 Å². The third-order valence-corrected chi connectivity index (χ3v) is 9.23. The van der Waals surface area contributed by atoms with Crippen LogP contribution in [0.1, 0.15) is 104 Å². The molecule has 0 amide bonds. The van der Waals surface area contributed by atoms with Gasteiger partial charge in [0.25, 0.3) is 0 Å². The van der Waals surface area contributed by atoms with Gasteiger partial charge in [-0.25, -0.2) is 0 Å². The van der Waals surface area contributed by atoms with Crippen molar-refractivity contribution in [2.75, 3.05) is 0 Å². The summed E-state index contributed by atoms with van der Waals surface area (Å²) < 4.78 is 0. The fourth-order valence-electron chi connectivity index (χ4n) is 6.75. The first kappa shape index (κ1) is 27.5. The van der Waals surface area contributed by atoms with E-state index in [1.807, 2.05) is 0 Å². The molecule has 0 radical (unpaired) electrons. The van der Waals surface area contributed by atoms with E-state index in [0.29, 0.717) is 0 Å². The zero-order valence-corrected chi connectivity index (χ0v) is 26.1. The van der Waals surface area contributed by atoms with Crippen molar-refractivity contribution in [2.24, 2.45) is 0 Å². The number of benzene rings is 4. The van der Waals surface area contributed by atoms with Crippen molar-refractivity contribution in [1.29, 1.82) is 0 Å². The molecule has 0 unspecified atom stereocenters. The summed E-state index contributed by atoms with van der Waals surface area (Å²) in [6, 6.07) is 33.0. The summed E-state index contributed by atoms with van der Waals surface area (Å²) in [6.07, 6.45) is 5.83. The van der Waals surface area contributed by atoms with Crippen LogP contribution in [0.4, 0.5) is 0 Å². The summed E-state index contributed by atoms with van der Waals surface area (Å²) in [5.41, 5.74) is 17.1. The standard InChI is InChI=1S/C41H44/c1-26-12-16-28(17-13-26)38(29-18-14-27(2)15-19-29)34-10-9-11-35(34)39-36-24-30(40(3,4)5)20-22-32(36)33-23-21-31(25-37(33)39)41(6,7)8/h9,11-25,38-39H,10H2,1-8H3. The van der Waals surface area contributed by atoms with Crippen LogP contribution in [0.15, 0.2) is 108 Å². The van der Waals surface area contributed by atoms with Crippen LogP contribution in [0.25, 0.3) is 11.1 Å². The molecule has 0 aliphatic heterocycles. The number of allylic oxidation sites excluding steroid dienone is 4. The lowest BCUT2D eigenvalue weighted by Crippen LogP contribution is -2.14. The molecule has 0 nitrogen and oxygen atoms in total. The summed E-state index contributed by atoms with van der Waals surface area (Å²) in [7, 11) is 0. The molecule has 41 heavy (non-hydrogen) atoms. The molecule has 0 atom stereocenters. The van der Waals surface area contributed by atoms with Gasteiger partial charge in [-0.2, -0.15) is 0 Å². The molecule has 0 saturated heterocycles. The Kier molecular flexibility index (Phi) is 6.73. The monoisotopic (exact) mass is 536 g/mol. The molecule has 0 heteroatoms. The smallest absolute Gasteiger partial charge is 0.0352 e. The molecule has 2 aliphatic carbocycles.